The first-order chi connectivity index (χ1) is 7.81. The molecule has 0 bridgehead atoms. The minimum Gasteiger partial charge on any atom is -0.230 e. The van der Waals surface area contributed by atoms with Crippen LogP contribution >= 0.6 is 0 Å². The Balaban J connectivity index is 0. The summed E-state index contributed by atoms with van der Waals surface area (Å²) < 4.78 is 111. The van der Waals surface area contributed by atoms with E-state index in [2.05, 4.69) is 6.58 Å². The quantitative estimate of drug-likeness (QED) is 0.622. The standard InChI is InChI=1S/2C4H3F5/c5-2-3(6)1-4(7,8)9;1-2(5)3(6)4(7,8)9/h2H,1H2;3H,1H2. The first-order valence-corrected chi connectivity index (χ1v) is 3.87. The van der Waals surface area contributed by atoms with Crippen LogP contribution in [0.25, 0.3) is 0 Å². The maximum Gasteiger partial charge on any atom is 0.426 e. The normalized spacial score (nSPS) is 14.7. The lowest BCUT2D eigenvalue weighted by atomic mass is 10.3. The molecule has 0 saturated heterocycles. The summed E-state index contributed by atoms with van der Waals surface area (Å²) >= 11 is 0. The first kappa shape index (κ1) is 19.1. The molecule has 0 aliphatic rings. The van der Waals surface area contributed by atoms with Gasteiger partial charge in [-0.05, 0) is 0 Å². The van der Waals surface area contributed by atoms with E-state index in [-0.39, 0.29) is 0 Å². The summed E-state index contributed by atoms with van der Waals surface area (Å²) in [5.41, 5.74) is 0. The van der Waals surface area contributed by atoms with Gasteiger partial charge in [0.1, 0.15) is 18.0 Å². The zero-order valence-corrected chi connectivity index (χ0v) is 8.35. The van der Waals surface area contributed by atoms with E-state index in [4.69, 9.17) is 0 Å². The number of rotatable bonds is 2. The topological polar surface area (TPSA) is 0 Å². The lowest BCUT2D eigenvalue weighted by Gasteiger charge is -2.07. The molecule has 0 aromatic rings. The zero-order valence-electron chi connectivity index (χ0n) is 8.35. The summed E-state index contributed by atoms with van der Waals surface area (Å²) in [6, 6.07) is 0. The Bertz CT molecular complexity index is 283. The van der Waals surface area contributed by atoms with Crippen molar-refractivity contribution in [3.05, 3.63) is 24.6 Å². The molecule has 0 saturated carbocycles. The smallest absolute Gasteiger partial charge is 0.230 e. The molecule has 18 heavy (non-hydrogen) atoms. The van der Waals surface area contributed by atoms with Crippen molar-refractivity contribution in [3.63, 3.8) is 0 Å². The minimum absolute atomic E-state index is 0.701. The molecule has 0 nitrogen and oxygen atoms in total. The molecule has 0 aromatic heterocycles. The molecular formula is C8H6F10. The van der Waals surface area contributed by atoms with E-state index < -0.39 is 42.9 Å². The molecule has 0 N–H and O–H groups in total. The molecule has 0 aliphatic carbocycles. The zero-order chi connectivity index (χ0) is 15.1. The number of halogens is 10. The number of hydrogen-bond donors (Lipinski definition) is 0. The molecule has 10 heteroatoms. The molecule has 0 amide bonds. The van der Waals surface area contributed by atoms with Crippen molar-refractivity contribution in [1.82, 2.24) is 0 Å². The van der Waals surface area contributed by atoms with E-state index in [1.165, 1.54) is 0 Å². The van der Waals surface area contributed by atoms with Gasteiger partial charge in [0.15, 0.2) is 0 Å². The maximum absolute atomic E-state index is 11.4. The second kappa shape index (κ2) is 7.27. The Kier molecular flexibility index (Phi) is 7.72. The Morgan fingerprint density at radius 3 is 1.50 bits per heavy atom. The molecule has 1 unspecified atom stereocenters. The number of hydrogen-bond acceptors (Lipinski definition) is 0. The third-order valence-corrected chi connectivity index (χ3v) is 1.05. The second-order valence-electron chi connectivity index (χ2n) is 2.70. The van der Waals surface area contributed by atoms with E-state index >= 15 is 0 Å². The first-order valence-electron chi connectivity index (χ1n) is 3.87. The van der Waals surface area contributed by atoms with Gasteiger partial charge in [0, 0.05) is 0 Å². The van der Waals surface area contributed by atoms with E-state index in [9.17, 15) is 43.9 Å². The molecule has 0 radical (unpaired) electrons. The highest BCUT2D eigenvalue weighted by Gasteiger charge is 2.42. The Morgan fingerprint density at radius 2 is 1.44 bits per heavy atom. The molecule has 0 rings (SSSR count). The molecule has 108 valence electrons. The molecule has 1 atom stereocenters. The SMILES string of the molecule is C=C(F)C(F)C(F)(F)F.FC=C(F)CC(F)(F)F. The van der Waals surface area contributed by atoms with Crippen LogP contribution in [0.3, 0.4) is 0 Å². The minimum atomic E-state index is -5.16. The summed E-state index contributed by atoms with van der Waals surface area (Å²) in [7, 11) is 0. The molecular weight excluding hydrogens is 286 g/mol. The van der Waals surface area contributed by atoms with E-state index in [0.29, 0.717) is 0 Å². The van der Waals surface area contributed by atoms with Gasteiger partial charge in [-0.3, -0.25) is 0 Å². The molecule has 0 spiro atoms. The van der Waals surface area contributed by atoms with Crippen LogP contribution in [0.5, 0.6) is 0 Å². The Morgan fingerprint density at radius 1 is 1.06 bits per heavy atom. The molecule has 0 aromatic carbocycles. The Hall–Kier alpha value is -1.22. The summed E-state index contributed by atoms with van der Waals surface area (Å²) in [6.45, 7) is 2.16. The van der Waals surface area contributed by atoms with Crippen LogP contribution in [0.1, 0.15) is 6.42 Å². The van der Waals surface area contributed by atoms with Crippen LogP contribution in [0.4, 0.5) is 43.9 Å². The number of alkyl halides is 7. The number of allylic oxidation sites excluding steroid dienone is 2. The van der Waals surface area contributed by atoms with Crippen LogP contribution in [-0.2, 0) is 0 Å². The fraction of sp³-hybridized carbons (Fsp3) is 0.500. The van der Waals surface area contributed by atoms with E-state index in [0.717, 1.165) is 0 Å². The van der Waals surface area contributed by atoms with Crippen molar-refractivity contribution >= 4 is 0 Å². The van der Waals surface area contributed by atoms with Crippen molar-refractivity contribution in [1.29, 1.82) is 0 Å². The van der Waals surface area contributed by atoms with Gasteiger partial charge in [-0.1, -0.05) is 6.58 Å². The highest BCUT2D eigenvalue weighted by atomic mass is 19.4. The van der Waals surface area contributed by atoms with Gasteiger partial charge in [-0.2, -0.15) is 26.3 Å². The largest absolute Gasteiger partial charge is 0.426 e. The van der Waals surface area contributed by atoms with Gasteiger partial charge in [-0.25, -0.2) is 17.6 Å². The van der Waals surface area contributed by atoms with Crippen LogP contribution in [0.15, 0.2) is 24.6 Å². The van der Waals surface area contributed by atoms with E-state index in [1.807, 2.05) is 0 Å². The van der Waals surface area contributed by atoms with Gasteiger partial charge in [-0.15, -0.1) is 0 Å². The van der Waals surface area contributed by atoms with Crippen molar-refractivity contribution in [3.8, 4) is 0 Å². The lowest BCUT2D eigenvalue weighted by molar-refractivity contribution is -0.173. The third kappa shape index (κ3) is 11.3. The van der Waals surface area contributed by atoms with Crippen LogP contribution in [0, 0.1) is 0 Å². The van der Waals surface area contributed by atoms with Gasteiger partial charge in [0.2, 0.25) is 6.17 Å². The van der Waals surface area contributed by atoms with Crippen molar-refractivity contribution in [2.75, 3.05) is 0 Å². The summed E-state index contributed by atoms with van der Waals surface area (Å²) in [5.74, 6) is -3.81. The molecule has 0 aliphatic heterocycles. The second-order valence-corrected chi connectivity index (χ2v) is 2.70. The van der Waals surface area contributed by atoms with Crippen LogP contribution < -0.4 is 0 Å². The summed E-state index contributed by atoms with van der Waals surface area (Å²) in [4.78, 5) is 0. The fourth-order valence-corrected chi connectivity index (χ4v) is 0.408. The average Bonchev–Trinajstić information content (AvgIpc) is 2.13. The van der Waals surface area contributed by atoms with E-state index in [1.54, 1.807) is 0 Å². The lowest BCUT2D eigenvalue weighted by Crippen LogP contribution is -2.24. The predicted octanol–water partition coefficient (Wildman–Crippen LogP) is 5.09. The third-order valence-electron chi connectivity index (χ3n) is 1.05. The predicted molar refractivity (Wildman–Crippen MR) is 42.2 cm³/mol. The highest BCUT2D eigenvalue weighted by Crippen LogP contribution is 2.27. The van der Waals surface area contributed by atoms with Crippen LogP contribution in [0.2, 0.25) is 0 Å². The maximum atomic E-state index is 11.4. The fourth-order valence-electron chi connectivity index (χ4n) is 0.408. The monoisotopic (exact) mass is 292 g/mol. The summed E-state index contributed by atoms with van der Waals surface area (Å²) in [6.07, 6.45) is -15.9. The van der Waals surface area contributed by atoms with Gasteiger partial charge in [0.05, 0.1) is 6.42 Å². The van der Waals surface area contributed by atoms with Crippen molar-refractivity contribution < 1.29 is 43.9 Å². The highest BCUT2D eigenvalue weighted by molar-refractivity contribution is 4.94. The Labute approximate surface area is 94.6 Å². The van der Waals surface area contributed by atoms with Gasteiger partial charge in [0.25, 0.3) is 0 Å². The average molecular weight is 292 g/mol. The molecule has 0 fully saturated rings. The molecule has 0 heterocycles. The summed E-state index contributed by atoms with van der Waals surface area (Å²) in [5, 5.41) is 0. The van der Waals surface area contributed by atoms with Crippen molar-refractivity contribution in [2.45, 2.75) is 24.9 Å². The van der Waals surface area contributed by atoms with Gasteiger partial charge >= 0.3 is 12.4 Å². The van der Waals surface area contributed by atoms with Gasteiger partial charge < -0.3 is 0 Å². The van der Waals surface area contributed by atoms with Crippen LogP contribution in [-0.4, -0.2) is 18.5 Å². The van der Waals surface area contributed by atoms with Crippen molar-refractivity contribution in [2.24, 2.45) is 0 Å².